The van der Waals surface area contributed by atoms with Gasteiger partial charge in [-0.15, -0.1) is 0 Å². The van der Waals surface area contributed by atoms with Crippen LogP contribution in [0, 0.1) is 5.92 Å². The molecular formula is C46H66N10O16. The molecule has 2 aromatic carbocycles. The molecule has 0 heterocycles. The molecule has 0 saturated carbocycles. The number of benzene rings is 2. The van der Waals surface area contributed by atoms with Crippen molar-refractivity contribution in [3.63, 3.8) is 0 Å². The zero-order valence-electron chi connectivity index (χ0n) is 40.6. The molecule has 0 unspecified atom stereocenters. The summed E-state index contributed by atoms with van der Waals surface area (Å²) in [5, 5.41) is 70.0. The zero-order valence-corrected chi connectivity index (χ0v) is 40.6. The third kappa shape index (κ3) is 20.7. The van der Waals surface area contributed by atoms with E-state index in [0.717, 1.165) is 6.92 Å². The minimum atomic E-state index is -1.84. The van der Waals surface area contributed by atoms with Gasteiger partial charge in [-0.1, -0.05) is 62.7 Å². The van der Waals surface area contributed by atoms with Crippen molar-refractivity contribution >= 4 is 65.1 Å². The number of phenolic OH excluding ortho intramolecular Hbond substituents is 1. The number of nitrogens with two attached hydrogens (primary N) is 1. The van der Waals surface area contributed by atoms with Gasteiger partial charge in [0, 0.05) is 12.8 Å². The van der Waals surface area contributed by atoms with Gasteiger partial charge in [0.25, 0.3) is 0 Å². The van der Waals surface area contributed by atoms with Crippen LogP contribution in [-0.4, -0.2) is 164 Å². The van der Waals surface area contributed by atoms with Crippen molar-refractivity contribution in [3.8, 4) is 5.75 Å². The lowest BCUT2D eigenvalue weighted by molar-refractivity contribution is -0.143. The van der Waals surface area contributed by atoms with Gasteiger partial charge < -0.3 is 79.1 Å². The number of carbonyl (C=O) groups excluding carboxylic acids is 9. The van der Waals surface area contributed by atoms with Gasteiger partial charge in [-0.05, 0) is 56.9 Å². The molecular weight excluding hydrogens is 949 g/mol. The first-order valence-electron chi connectivity index (χ1n) is 22.8. The number of carboxylic acid groups (broad SMARTS) is 2. The number of aliphatic hydroxyl groups excluding tert-OH is 2. The summed E-state index contributed by atoms with van der Waals surface area (Å²) in [6.07, 6.45) is -3.95. The van der Waals surface area contributed by atoms with E-state index in [1.165, 1.54) is 45.0 Å². The number of amides is 9. The van der Waals surface area contributed by atoms with Crippen LogP contribution in [-0.2, 0) is 65.6 Å². The molecule has 72 heavy (non-hydrogen) atoms. The summed E-state index contributed by atoms with van der Waals surface area (Å²) in [5.41, 5.74) is 6.80. The van der Waals surface area contributed by atoms with Crippen LogP contribution in [0.2, 0.25) is 0 Å². The maximum Gasteiger partial charge on any atom is 0.326 e. The van der Waals surface area contributed by atoms with Crippen LogP contribution >= 0.6 is 0 Å². The minimum absolute atomic E-state index is 0.0957. The monoisotopic (exact) mass is 1010 g/mol. The van der Waals surface area contributed by atoms with E-state index in [1.54, 1.807) is 37.3 Å². The van der Waals surface area contributed by atoms with Crippen LogP contribution in [0.4, 0.5) is 0 Å². The first kappa shape index (κ1) is 60.4. The molecule has 0 saturated heterocycles. The Kier molecular flexibility index (Phi) is 24.7. The van der Waals surface area contributed by atoms with Crippen LogP contribution in [0.15, 0.2) is 54.6 Å². The van der Waals surface area contributed by atoms with Crippen molar-refractivity contribution in [3.05, 3.63) is 65.7 Å². The molecule has 2 aromatic rings. The molecule has 0 aliphatic carbocycles. The van der Waals surface area contributed by atoms with Crippen LogP contribution in [0.5, 0.6) is 5.75 Å². The van der Waals surface area contributed by atoms with Crippen molar-refractivity contribution < 1.29 is 78.3 Å². The maximum absolute atomic E-state index is 13.7. The molecule has 0 aliphatic heterocycles. The van der Waals surface area contributed by atoms with Crippen molar-refractivity contribution in [2.75, 3.05) is 13.1 Å². The fourth-order valence-electron chi connectivity index (χ4n) is 6.47. The number of phenols is 1. The molecule has 26 heteroatoms. The quantitative estimate of drug-likeness (QED) is 0.0365. The number of hydrogen-bond acceptors (Lipinski definition) is 15. The lowest BCUT2D eigenvalue weighted by Crippen LogP contribution is -2.60. The van der Waals surface area contributed by atoms with Crippen LogP contribution in [0.25, 0.3) is 0 Å². The smallest absolute Gasteiger partial charge is 0.326 e. The standard InChI is InChI=1S/C46H66N10O16/c1-7-22(2)36(47)43(68)50-24(4)40(65)56-38(26(6)58)45(70)51-23(3)39(64)48-21-34(61)55-37(25(5)57)44(69)49-20-33(60)52-30(17-27-11-9-8-10-12-27)41(66)53-31(19-35(62)63)42(67)54-32(46(71)72)18-28-13-15-29(59)16-14-28/h8-16,22-26,30-32,36-38,57-59H,7,17-21,47H2,1-6H3,(H,48,64)(H,49,69)(H,50,68)(H,51,70)(H,52,60)(H,53,66)(H,54,67)(H,55,61)(H,56,65)(H,62,63)(H,71,72)/t22-,23-,24-,25+,26+,30-,31-,32-,36-,37-,38-/m0/s1. The second kappa shape index (κ2) is 29.5. The molecule has 16 N–H and O–H groups in total. The normalized spacial score (nSPS) is 15.5. The number of carboxylic acids is 2. The van der Waals surface area contributed by atoms with Gasteiger partial charge in [-0.25, -0.2) is 4.79 Å². The third-order valence-electron chi connectivity index (χ3n) is 11.0. The van der Waals surface area contributed by atoms with Crippen molar-refractivity contribution in [2.24, 2.45) is 11.7 Å². The lowest BCUT2D eigenvalue weighted by Gasteiger charge is -2.25. The fourth-order valence-corrected chi connectivity index (χ4v) is 6.47. The van der Waals surface area contributed by atoms with Crippen LogP contribution in [0.3, 0.4) is 0 Å². The molecule has 0 radical (unpaired) electrons. The highest BCUT2D eigenvalue weighted by Gasteiger charge is 2.34. The van der Waals surface area contributed by atoms with E-state index >= 15 is 0 Å². The Morgan fingerprint density at radius 1 is 0.514 bits per heavy atom. The Hall–Kier alpha value is -7.71. The fraction of sp³-hybridized carbons (Fsp3) is 0.500. The molecule has 396 valence electrons. The first-order chi connectivity index (χ1) is 33.7. The Morgan fingerprint density at radius 3 is 1.53 bits per heavy atom. The summed E-state index contributed by atoms with van der Waals surface area (Å²) in [5.74, 6) is -12.0. The van der Waals surface area contributed by atoms with Crippen LogP contribution in [0.1, 0.15) is 65.5 Å². The number of rotatable bonds is 29. The highest BCUT2D eigenvalue weighted by atomic mass is 16.4. The van der Waals surface area contributed by atoms with Crippen LogP contribution < -0.4 is 53.6 Å². The molecule has 0 aromatic heterocycles. The molecule has 0 spiro atoms. The number of aliphatic hydroxyl groups is 2. The Bertz CT molecular complexity index is 2230. The van der Waals surface area contributed by atoms with E-state index < -0.39 is 145 Å². The first-order valence-corrected chi connectivity index (χ1v) is 22.8. The Balaban J connectivity index is 2.05. The molecule has 0 bridgehead atoms. The maximum atomic E-state index is 13.7. The topological polar surface area (TPSA) is 423 Å². The molecule has 2 rings (SSSR count). The SMILES string of the molecule is CC[C@H](C)[C@H](N)C(=O)N[C@@H](C)C(=O)N[C@H](C(=O)N[C@@H](C)C(=O)NCC(=O)N[C@H](C(=O)NCC(=O)N[C@@H](Cc1ccccc1)C(=O)N[C@@H](CC(=O)O)C(=O)N[C@@H](Cc1ccc(O)cc1)C(=O)O)[C@@H](C)O)[C@@H](C)O. The van der Waals surface area contributed by atoms with Gasteiger partial charge in [0.15, 0.2) is 0 Å². The average Bonchev–Trinajstić information content (AvgIpc) is 3.32. The summed E-state index contributed by atoms with van der Waals surface area (Å²) in [4.78, 5) is 141. The molecule has 11 atom stereocenters. The third-order valence-corrected chi connectivity index (χ3v) is 11.0. The highest BCUT2D eigenvalue weighted by Crippen LogP contribution is 2.13. The average molecular weight is 1020 g/mol. The number of aromatic hydroxyl groups is 1. The van der Waals surface area contributed by atoms with Gasteiger partial charge in [-0.2, -0.15) is 0 Å². The molecule has 26 nitrogen and oxygen atoms in total. The Labute approximate surface area is 414 Å². The van der Waals surface area contributed by atoms with Gasteiger partial charge in [-0.3, -0.25) is 47.9 Å². The summed E-state index contributed by atoms with van der Waals surface area (Å²) in [6.45, 7) is 6.83. The van der Waals surface area contributed by atoms with Crippen molar-refractivity contribution in [1.82, 2.24) is 47.9 Å². The molecule has 0 fully saturated rings. The van der Waals surface area contributed by atoms with Gasteiger partial charge in [0.2, 0.25) is 53.2 Å². The van der Waals surface area contributed by atoms with Crippen molar-refractivity contribution in [2.45, 2.75) is 128 Å². The predicted molar refractivity (Wildman–Crippen MR) is 254 cm³/mol. The largest absolute Gasteiger partial charge is 0.508 e. The highest BCUT2D eigenvalue weighted by molar-refractivity contribution is 5.98. The van der Waals surface area contributed by atoms with Gasteiger partial charge >= 0.3 is 11.9 Å². The number of hydrogen-bond donors (Lipinski definition) is 15. The second-order valence-corrected chi connectivity index (χ2v) is 17.1. The zero-order chi connectivity index (χ0) is 54.4. The summed E-state index contributed by atoms with van der Waals surface area (Å²) in [7, 11) is 0. The van der Waals surface area contributed by atoms with E-state index in [4.69, 9.17) is 5.73 Å². The van der Waals surface area contributed by atoms with E-state index in [0.29, 0.717) is 17.5 Å². The van der Waals surface area contributed by atoms with E-state index in [-0.39, 0.29) is 24.5 Å². The van der Waals surface area contributed by atoms with Gasteiger partial charge in [0.1, 0.15) is 48.0 Å². The second-order valence-electron chi connectivity index (χ2n) is 17.1. The Morgan fingerprint density at radius 2 is 0.986 bits per heavy atom. The summed E-state index contributed by atoms with van der Waals surface area (Å²) >= 11 is 0. The molecule has 0 aliphatic rings. The van der Waals surface area contributed by atoms with Crippen molar-refractivity contribution in [1.29, 1.82) is 0 Å². The molecule has 9 amide bonds. The minimum Gasteiger partial charge on any atom is -0.508 e. The van der Waals surface area contributed by atoms with E-state index in [9.17, 15) is 78.3 Å². The summed E-state index contributed by atoms with van der Waals surface area (Å²) < 4.78 is 0. The van der Waals surface area contributed by atoms with E-state index in [2.05, 4.69) is 47.9 Å². The predicted octanol–water partition coefficient (Wildman–Crippen LogP) is -4.46. The van der Waals surface area contributed by atoms with E-state index in [1.807, 2.05) is 6.92 Å². The number of carbonyl (C=O) groups is 11. The summed E-state index contributed by atoms with van der Waals surface area (Å²) in [6, 6.07) is 1.85. The lowest BCUT2D eigenvalue weighted by atomic mass is 9.99. The number of nitrogens with one attached hydrogen (secondary N) is 9. The van der Waals surface area contributed by atoms with Gasteiger partial charge in [0.05, 0.1) is 37.8 Å². The number of aliphatic carboxylic acids is 2.